The van der Waals surface area contributed by atoms with Crippen LogP contribution in [-0.2, 0) is 6.54 Å². The summed E-state index contributed by atoms with van der Waals surface area (Å²) in [4.78, 5) is 0. The van der Waals surface area contributed by atoms with E-state index in [0.717, 1.165) is 5.69 Å². The molecular weight excluding hydrogens is 241 g/mol. The number of halogens is 2. The second-order valence-corrected chi connectivity index (χ2v) is 4.11. The fourth-order valence-corrected chi connectivity index (χ4v) is 1.69. The number of rotatable bonds is 4. The topological polar surface area (TPSA) is 29.9 Å². The maximum absolute atomic E-state index is 13.3. The van der Waals surface area contributed by atoms with E-state index in [2.05, 4.69) is 10.4 Å². The average Bonchev–Trinajstić information content (AvgIpc) is 2.63. The molecule has 0 atom stereocenters. The third-order valence-corrected chi connectivity index (χ3v) is 2.93. The van der Waals surface area contributed by atoms with Gasteiger partial charge in [-0.15, -0.1) is 0 Å². The maximum Gasteiger partial charge on any atom is 0.146 e. The number of anilines is 1. The highest BCUT2D eigenvalue weighted by Gasteiger charge is 2.04. The van der Waals surface area contributed by atoms with Crippen molar-refractivity contribution in [1.82, 2.24) is 9.78 Å². The Morgan fingerprint density at radius 3 is 2.82 bits per heavy atom. The Kier molecular flexibility index (Phi) is 3.64. The Labute approximate surface area is 104 Å². The third kappa shape index (κ3) is 2.77. The molecule has 1 aromatic carbocycles. The molecule has 3 nitrogen and oxygen atoms in total. The molecule has 0 unspecified atom stereocenters. The number of aromatic nitrogens is 2. The van der Waals surface area contributed by atoms with E-state index in [1.807, 2.05) is 6.92 Å². The van der Waals surface area contributed by atoms with Crippen LogP contribution in [0.25, 0.3) is 0 Å². The number of benzene rings is 1. The highest BCUT2D eigenvalue weighted by molar-refractivity contribution is 6.31. The fraction of sp³-hybridized carbons (Fsp3) is 0.250. The molecule has 0 spiro atoms. The lowest BCUT2D eigenvalue weighted by atomic mass is 10.3. The normalized spacial score (nSPS) is 10.5. The van der Waals surface area contributed by atoms with Crippen molar-refractivity contribution in [2.75, 3.05) is 11.9 Å². The largest absolute Gasteiger partial charge is 0.381 e. The Balaban J connectivity index is 1.92. The van der Waals surface area contributed by atoms with Crippen LogP contribution in [0.3, 0.4) is 0 Å². The monoisotopic (exact) mass is 253 g/mol. The van der Waals surface area contributed by atoms with Crippen molar-refractivity contribution >= 4 is 17.3 Å². The molecular formula is C12H13ClFN3. The van der Waals surface area contributed by atoms with Crippen molar-refractivity contribution < 1.29 is 4.39 Å². The zero-order valence-electron chi connectivity index (χ0n) is 9.45. The molecule has 2 rings (SSSR count). The molecule has 1 N–H and O–H groups in total. The van der Waals surface area contributed by atoms with E-state index < -0.39 is 0 Å². The molecule has 0 aliphatic rings. The van der Waals surface area contributed by atoms with E-state index in [4.69, 9.17) is 11.6 Å². The van der Waals surface area contributed by atoms with Crippen LogP contribution in [0, 0.1) is 12.7 Å². The fourth-order valence-electron chi connectivity index (χ4n) is 1.55. The molecule has 17 heavy (non-hydrogen) atoms. The molecule has 0 aliphatic heterocycles. The Morgan fingerprint density at radius 2 is 2.18 bits per heavy atom. The molecule has 0 bridgehead atoms. The van der Waals surface area contributed by atoms with Gasteiger partial charge in [-0.25, -0.2) is 4.39 Å². The zero-order chi connectivity index (χ0) is 12.3. The van der Waals surface area contributed by atoms with E-state index in [-0.39, 0.29) is 5.82 Å². The summed E-state index contributed by atoms with van der Waals surface area (Å²) >= 11 is 5.89. The van der Waals surface area contributed by atoms with Gasteiger partial charge >= 0.3 is 0 Å². The molecule has 0 radical (unpaired) electrons. The summed E-state index contributed by atoms with van der Waals surface area (Å²) in [6.07, 6.45) is 1.61. The van der Waals surface area contributed by atoms with Crippen molar-refractivity contribution in [1.29, 1.82) is 0 Å². The Hall–Kier alpha value is -1.55. The van der Waals surface area contributed by atoms with E-state index >= 15 is 0 Å². The van der Waals surface area contributed by atoms with Gasteiger partial charge in [0, 0.05) is 6.54 Å². The molecule has 2 aromatic rings. The van der Waals surface area contributed by atoms with Crippen LogP contribution in [0.5, 0.6) is 0 Å². The highest BCUT2D eigenvalue weighted by Crippen LogP contribution is 2.14. The summed E-state index contributed by atoms with van der Waals surface area (Å²) in [5, 5.41) is 7.79. The van der Waals surface area contributed by atoms with E-state index in [9.17, 15) is 4.39 Å². The molecule has 5 heteroatoms. The first-order valence-electron chi connectivity index (χ1n) is 5.35. The van der Waals surface area contributed by atoms with Crippen LogP contribution in [0.1, 0.15) is 5.69 Å². The summed E-state index contributed by atoms with van der Waals surface area (Å²) in [5.41, 5.74) is 1.42. The SMILES string of the molecule is Cc1c(Cl)cnn1CCNc1ccccc1F. The van der Waals surface area contributed by atoms with Crippen LogP contribution in [0.2, 0.25) is 5.02 Å². The Morgan fingerprint density at radius 1 is 1.41 bits per heavy atom. The van der Waals surface area contributed by atoms with Gasteiger partial charge in [0.1, 0.15) is 5.82 Å². The van der Waals surface area contributed by atoms with Gasteiger partial charge in [0.15, 0.2) is 0 Å². The van der Waals surface area contributed by atoms with Gasteiger partial charge < -0.3 is 5.32 Å². The van der Waals surface area contributed by atoms with Crippen molar-refractivity contribution in [3.05, 3.63) is 47.0 Å². The lowest BCUT2D eigenvalue weighted by Crippen LogP contribution is -2.13. The van der Waals surface area contributed by atoms with E-state index in [1.54, 1.807) is 29.1 Å². The molecule has 0 aliphatic carbocycles. The lowest BCUT2D eigenvalue weighted by Gasteiger charge is -2.08. The first kappa shape index (κ1) is 11.9. The highest BCUT2D eigenvalue weighted by atomic mass is 35.5. The molecule has 0 saturated carbocycles. The first-order chi connectivity index (χ1) is 8.18. The van der Waals surface area contributed by atoms with Gasteiger partial charge in [-0.1, -0.05) is 23.7 Å². The van der Waals surface area contributed by atoms with Crippen LogP contribution < -0.4 is 5.32 Å². The summed E-state index contributed by atoms with van der Waals surface area (Å²) in [6.45, 7) is 3.14. The number of nitrogens with zero attached hydrogens (tertiary/aromatic N) is 2. The predicted molar refractivity (Wildman–Crippen MR) is 66.9 cm³/mol. The van der Waals surface area contributed by atoms with Crippen molar-refractivity contribution in [2.24, 2.45) is 0 Å². The molecule has 1 aromatic heterocycles. The van der Waals surface area contributed by atoms with Crippen LogP contribution in [0.4, 0.5) is 10.1 Å². The van der Waals surface area contributed by atoms with Crippen molar-refractivity contribution in [3.63, 3.8) is 0 Å². The summed E-state index contributed by atoms with van der Waals surface area (Å²) in [5.74, 6) is -0.247. The summed E-state index contributed by atoms with van der Waals surface area (Å²) < 4.78 is 15.1. The number of nitrogens with one attached hydrogen (secondary N) is 1. The minimum absolute atomic E-state index is 0.247. The minimum Gasteiger partial charge on any atom is -0.381 e. The first-order valence-corrected chi connectivity index (χ1v) is 5.72. The van der Waals surface area contributed by atoms with Crippen molar-refractivity contribution in [3.8, 4) is 0 Å². The van der Waals surface area contributed by atoms with Gasteiger partial charge in [0.25, 0.3) is 0 Å². The minimum atomic E-state index is -0.247. The van der Waals surface area contributed by atoms with Crippen LogP contribution in [0.15, 0.2) is 30.5 Å². The van der Waals surface area contributed by atoms with Crippen molar-refractivity contribution in [2.45, 2.75) is 13.5 Å². The quantitative estimate of drug-likeness (QED) is 0.908. The maximum atomic E-state index is 13.3. The number of para-hydroxylation sites is 1. The van der Waals surface area contributed by atoms with E-state index in [1.165, 1.54) is 6.07 Å². The lowest BCUT2D eigenvalue weighted by molar-refractivity contribution is 0.609. The zero-order valence-corrected chi connectivity index (χ0v) is 10.2. The number of hydrogen-bond donors (Lipinski definition) is 1. The smallest absolute Gasteiger partial charge is 0.146 e. The second kappa shape index (κ2) is 5.19. The molecule has 0 amide bonds. The van der Waals surface area contributed by atoms with E-state index in [0.29, 0.717) is 23.8 Å². The summed E-state index contributed by atoms with van der Waals surface area (Å²) in [6, 6.07) is 6.59. The van der Waals surface area contributed by atoms with Crippen LogP contribution >= 0.6 is 11.6 Å². The number of hydrogen-bond acceptors (Lipinski definition) is 2. The molecule has 0 fully saturated rings. The van der Waals surface area contributed by atoms with Gasteiger partial charge in [-0.05, 0) is 19.1 Å². The summed E-state index contributed by atoms with van der Waals surface area (Å²) in [7, 11) is 0. The standard InChI is InChI=1S/C12H13ClFN3/c1-9-10(13)8-16-17(9)7-6-15-12-5-3-2-4-11(12)14/h2-5,8,15H,6-7H2,1H3. The molecule has 0 saturated heterocycles. The average molecular weight is 254 g/mol. The molecule has 1 heterocycles. The second-order valence-electron chi connectivity index (χ2n) is 3.71. The molecule has 90 valence electrons. The van der Waals surface area contributed by atoms with Gasteiger partial charge in [-0.3, -0.25) is 4.68 Å². The third-order valence-electron chi connectivity index (χ3n) is 2.56. The van der Waals surface area contributed by atoms with Gasteiger partial charge in [-0.2, -0.15) is 5.10 Å². The predicted octanol–water partition coefficient (Wildman–Crippen LogP) is 3.10. The Bertz CT molecular complexity index is 510. The van der Waals surface area contributed by atoms with Crippen LogP contribution in [-0.4, -0.2) is 16.3 Å². The van der Waals surface area contributed by atoms with Gasteiger partial charge in [0.2, 0.25) is 0 Å². The van der Waals surface area contributed by atoms with Gasteiger partial charge in [0.05, 0.1) is 29.1 Å².